The maximum absolute atomic E-state index is 11.4. The summed E-state index contributed by atoms with van der Waals surface area (Å²) in [7, 11) is 3.01. The Hall–Kier alpha value is -2.09. The number of methoxy groups -OCH3 is 1. The number of Topliss-reactive ketones (excluding diaryl/α,β-unsaturated/α-hetero) is 1. The van der Waals surface area contributed by atoms with Gasteiger partial charge in [-0.25, -0.2) is 4.79 Å². The predicted molar refractivity (Wildman–Crippen MR) is 58.3 cm³/mol. The molecule has 1 heterocycles. The monoisotopic (exact) mass is 232 g/mol. The smallest absolute Gasteiger partial charge is 0.354 e. The second-order valence-corrected chi connectivity index (χ2v) is 4.24. The van der Waals surface area contributed by atoms with Crippen molar-refractivity contribution >= 4 is 11.8 Å². The topological polar surface area (TPSA) is 72.1 Å². The molecule has 88 valence electrons. The number of nitrogens with zero attached hydrogens (tertiary/aromatic N) is 2. The van der Waals surface area contributed by atoms with Crippen molar-refractivity contribution in [3.63, 3.8) is 0 Å². The van der Waals surface area contributed by atoms with E-state index >= 15 is 0 Å². The third-order valence-corrected chi connectivity index (χ3v) is 3.22. The van der Waals surface area contributed by atoms with E-state index in [-0.39, 0.29) is 18.6 Å². The Bertz CT molecular complexity index is 528. The van der Waals surface area contributed by atoms with Crippen LogP contribution in [0.3, 0.4) is 0 Å². The van der Waals surface area contributed by atoms with Crippen LogP contribution in [0, 0.1) is 11.3 Å². The molecule has 0 spiro atoms. The fourth-order valence-electron chi connectivity index (χ4n) is 2.24. The van der Waals surface area contributed by atoms with E-state index in [1.165, 1.54) is 7.11 Å². The van der Waals surface area contributed by atoms with Gasteiger partial charge in [0, 0.05) is 25.6 Å². The lowest BCUT2D eigenvalue weighted by Crippen LogP contribution is -2.41. The molecule has 5 nitrogen and oxygen atoms in total. The van der Waals surface area contributed by atoms with Gasteiger partial charge in [0.25, 0.3) is 0 Å². The van der Waals surface area contributed by atoms with E-state index in [9.17, 15) is 14.9 Å². The molecule has 17 heavy (non-hydrogen) atoms. The van der Waals surface area contributed by atoms with Crippen LogP contribution in [0.5, 0.6) is 0 Å². The maximum atomic E-state index is 11.4. The standard InChI is InChI=1S/C12H12N2O3/c1-14-9(11(16)17-2)3-4-10(14)12(7-13)5-8(15)6-12/h3-4H,5-6H2,1-2H3. The van der Waals surface area contributed by atoms with Gasteiger partial charge in [0.1, 0.15) is 16.9 Å². The van der Waals surface area contributed by atoms with E-state index in [0.29, 0.717) is 11.4 Å². The number of nitriles is 1. The average Bonchev–Trinajstić information content (AvgIpc) is 2.66. The molecule has 0 amide bonds. The molecule has 0 saturated heterocycles. The van der Waals surface area contributed by atoms with Crippen LogP contribution in [0.15, 0.2) is 12.1 Å². The van der Waals surface area contributed by atoms with Gasteiger partial charge >= 0.3 is 5.97 Å². The zero-order chi connectivity index (χ0) is 12.6. The predicted octanol–water partition coefficient (Wildman–Crippen LogP) is 0.936. The Morgan fingerprint density at radius 1 is 1.53 bits per heavy atom. The first-order valence-corrected chi connectivity index (χ1v) is 5.21. The van der Waals surface area contributed by atoms with E-state index in [4.69, 9.17) is 0 Å². The van der Waals surface area contributed by atoms with Crippen molar-refractivity contribution in [2.75, 3.05) is 7.11 Å². The number of aromatic nitrogens is 1. The van der Waals surface area contributed by atoms with E-state index in [0.717, 1.165) is 0 Å². The van der Waals surface area contributed by atoms with Crippen molar-refractivity contribution in [2.24, 2.45) is 7.05 Å². The van der Waals surface area contributed by atoms with Gasteiger partial charge in [0.05, 0.1) is 13.2 Å². The van der Waals surface area contributed by atoms with Crippen molar-refractivity contribution in [3.05, 3.63) is 23.5 Å². The van der Waals surface area contributed by atoms with E-state index < -0.39 is 11.4 Å². The number of hydrogen-bond acceptors (Lipinski definition) is 4. The van der Waals surface area contributed by atoms with Gasteiger partial charge in [-0.2, -0.15) is 5.26 Å². The van der Waals surface area contributed by atoms with Gasteiger partial charge < -0.3 is 9.30 Å². The Balaban J connectivity index is 2.42. The normalized spacial score (nSPS) is 17.1. The summed E-state index contributed by atoms with van der Waals surface area (Å²) in [4.78, 5) is 22.5. The summed E-state index contributed by atoms with van der Waals surface area (Å²) in [5.41, 5.74) is 0.314. The molecule has 1 saturated carbocycles. The molecule has 0 unspecified atom stereocenters. The molecule has 0 aromatic carbocycles. The quantitative estimate of drug-likeness (QED) is 0.711. The third-order valence-electron chi connectivity index (χ3n) is 3.22. The Kier molecular flexibility index (Phi) is 2.50. The summed E-state index contributed by atoms with van der Waals surface area (Å²) in [6.07, 6.45) is 0.448. The summed E-state index contributed by atoms with van der Waals surface area (Å²) >= 11 is 0. The Morgan fingerprint density at radius 3 is 2.65 bits per heavy atom. The molecule has 0 bridgehead atoms. The minimum Gasteiger partial charge on any atom is -0.464 e. The third kappa shape index (κ3) is 1.53. The van der Waals surface area contributed by atoms with Crippen LogP contribution >= 0.6 is 0 Å². The van der Waals surface area contributed by atoms with Crippen LogP contribution in [0.1, 0.15) is 29.0 Å². The molecule has 1 fully saturated rings. The van der Waals surface area contributed by atoms with Crippen LogP contribution in [-0.2, 0) is 22.0 Å². The first kappa shape index (κ1) is 11.4. The number of carbonyl (C=O) groups excluding carboxylic acids is 2. The largest absolute Gasteiger partial charge is 0.464 e. The molecule has 0 radical (unpaired) electrons. The molecular formula is C12H12N2O3. The highest BCUT2D eigenvalue weighted by Crippen LogP contribution is 2.41. The number of rotatable bonds is 2. The summed E-state index contributed by atoms with van der Waals surface area (Å²) < 4.78 is 6.27. The number of esters is 1. The van der Waals surface area contributed by atoms with E-state index in [1.54, 1.807) is 23.7 Å². The molecule has 0 aliphatic heterocycles. The molecule has 2 rings (SSSR count). The van der Waals surface area contributed by atoms with Crippen LogP contribution in [0.25, 0.3) is 0 Å². The van der Waals surface area contributed by atoms with Crippen molar-refractivity contribution in [1.82, 2.24) is 4.57 Å². The minimum atomic E-state index is -0.766. The first-order valence-electron chi connectivity index (χ1n) is 5.21. The molecule has 1 aliphatic rings. The fourth-order valence-corrected chi connectivity index (χ4v) is 2.24. The van der Waals surface area contributed by atoms with E-state index in [1.807, 2.05) is 0 Å². The highest BCUT2D eigenvalue weighted by atomic mass is 16.5. The zero-order valence-corrected chi connectivity index (χ0v) is 9.69. The van der Waals surface area contributed by atoms with Crippen molar-refractivity contribution in [3.8, 4) is 6.07 Å². The molecule has 0 N–H and O–H groups in total. The summed E-state index contributed by atoms with van der Waals surface area (Å²) in [6, 6.07) is 5.50. The van der Waals surface area contributed by atoms with Gasteiger partial charge in [-0.15, -0.1) is 0 Å². The number of ether oxygens (including phenoxy) is 1. The Morgan fingerprint density at radius 2 is 2.18 bits per heavy atom. The average molecular weight is 232 g/mol. The molecule has 1 aromatic heterocycles. The fraction of sp³-hybridized carbons (Fsp3) is 0.417. The van der Waals surface area contributed by atoms with Crippen LogP contribution < -0.4 is 0 Å². The maximum Gasteiger partial charge on any atom is 0.354 e. The lowest BCUT2D eigenvalue weighted by molar-refractivity contribution is -0.126. The van der Waals surface area contributed by atoms with Crippen LogP contribution in [0.2, 0.25) is 0 Å². The Labute approximate surface area is 98.6 Å². The van der Waals surface area contributed by atoms with Gasteiger partial charge in [-0.1, -0.05) is 0 Å². The van der Waals surface area contributed by atoms with Gasteiger partial charge in [0.15, 0.2) is 0 Å². The van der Waals surface area contributed by atoms with Crippen molar-refractivity contribution in [1.29, 1.82) is 5.26 Å². The first-order chi connectivity index (χ1) is 8.04. The molecule has 5 heteroatoms. The molecule has 1 aromatic rings. The van der Waals surface area contributed by atoms with Gasteiger partial charge in [-0.3, -0.25) is 4.79 Å². The highest BCUT2D eigenvalue weighted by Gasteiger charge is 2.47. The van der Waals surface area contributed by atoms with Crippen molar-refractivity contribution in [2.45, 2.75) is 18.3 Å². The summed E-state index contributed by atoms with van der Waals surface area (Å²) in [5, 5.41) is 9.21. The van der Waals surface area contributed by atoms with Gasteiger partial charge in [-0.05, 0) is 12.1 Å². The minimum absolute atomic E-state index is 0.0763. The highest BCUT2D eigenvalue weighted by molar-refractivity contribution is 5.91. The summed E-state index contributed by atoms with van der Waals surface area (Å²) in [5.74, 6) is -0.371. The molecular weight excluding hydrogens is 220 g/mol. The second kappa shape index (κ2) is 3.74. The zero-order valence-electron chi connectivity index (χ0n) is 9.69. The van der Waals surface area contributed by atoms with Crippen molar-refractivity contribution < 1.29 is 14.3 Å². The second-order valence-electron chi connectivity index (χ2n) is 4.24. The van der Waals surface area contributed by atoms with Gasteiger partial charge in [0.2, 0.25) is 0 Å². The molecule has 0 atom stereocenters. The summed E-state index contributed by atoms with van der Waals surface area (Å²) in [6.45, 7) is 0. The SMILES string of the molecule is COC(=O)c1ccc(C2(C#N)CC(=O)C2)n1C. The lowest BCUT2D eigenvalue weighted by Gasteiger charge is -2.34. The number of ketones is 1. The number of hydrogen-bond donors (Lipinski definition) is 0. The van der Waals surface area contributed by atoms with Crippen LogP contribution in [0.4, 0.5) is 0 Å². The lowest BCUT2D eigenvalue weighted by atomic mass is 9.67. The molecule has 1 aliphatic carbocycles. The van der Waals surface area contributed by atoms with Crippen LogP contribution in [-0.4, -0.2) is 23.4 Å². The van der Waals surface area contributed by atoms with E-state index in [2.05, 4.69) is 10.8 Å². The number of carbonyl (C=O) groups is 2.